The third kappa shape index (κ3) is 2.93. The Morgan fingerprint density at radius 1 is 0.840 bits per heavy atom. The Balaban J connectivity index is 1.74. The Morgan fingerprint density at radius 2 is 1.60 bits per heavy atom. The molecule has 0 fully saturated rings. The monoisotopic (exact) mass is 321 g/mol. The van der Waals surface area contributed by atoms with Crippen molar-refractivity contribution >= 4 is 23.2 Å². The minimum Gasteiger partial charge on any atom is -0.298 e. The van der Waals surface area contributed by atoms with Gasteiger partial charge in [-0.25, -0.2) is 4.98 Å². The molecule has 4 rings (SSSR count). The highest BCUT2D eigenvalue weighted by molar-refractivity contribution is 5.80. The number of rotatable bonds is 3. The predicted octanol–water partition coefficient (Wildman–Crippen LogP) is 5.07. The fraction of sp³-hybridized carbons (Fsp3) is 0. The van der Waals surface area contributed by atoms with E-state index in [-0.39, 0.29) is 0 Å². The number of aromatic nitrogens is 2. The molecule has 25 heavy (non-hydrogen) atoms. The van der Waals surface area contributed by atoms with Crippen LogP contribution in [-0.4, -0.2) is 9.55 Å². The van der Waals surface area contributed by atoms with Crippen LogP contribution in [0.2, 0.25) is 0 Å². The van der Waals surface area contributed by atoms with Crippen molar-refractivity contribution in [2.45, 2.75) is 0 Å². The van der Waals surface area contributed by atoms with E-state index < -0.39 is 0 Å². The third-order valence-electron chi connectivity index (χ3n) is 4.14. The molecule has 3 aromatic carbocycles. The minimum absolute atomic E-state index is 0.669. The number of nitrogens with zero attached hydrogens (tertiary/aromatic N) is 3. The van der Waals surface area contributed by atoms with Crippen LogP contribution in [-0.2, 0) is 0 Å². The molecule has 0 aliphatic carbocycles. The van der Waals surface area contributed by atoms with Gasteiger partial charge in [-0.15, -0.1) is 0 Å². The second kappa shape index (κ2) is 6.46. The fourth-order valence-corrected chi connectivity index (χ4v) is 2.85. The maximum Gasteiger partial charge on any atom is 0.100 e. The molecule has 1 aromatic heterocycles. The van der Waals surface area contributed by atoms with Crippen molar-refractivity contribution in [1.29, 1.82) is 5.26 Å². The number of imidazole rings is 1. The van der Waals surface area contributed by atoms with Crippen molar-refractivity contribution < 1.29 is 0 Å². The van der Waals surface area contributed by atoms with Crippen molar-refractivity contribution in [2.24, 2.45) is 0 Å². The maximum atomic E-state index is 8.89. The highest BCUT2D eigenvalue weighted by Crippen LogP contribution is 2.22. The SMILES string of the molecule is N#Cc1ccc(C=Cc2ccccc2-n2cnc3ccccc32)cc1. The molecule has 0 aliphatic rings. The lowest BCUT2D eigenvalue weighted by Gasteiger charge is -2.08. The highest BCUT2D eigenvalue weighted by atomic mass is 15.0. The van der Waals surface area contributed by atoms with Crippen molar-refractivity contribution in [2.75, 3.05) is 0 Å². The molecule has 0 bridgehead atoms. The molecular weight excluding hydrogens is 306 g/mol. The van der Waals surface area contributed by atoms with E-state index in [0.717, 1.165) is 27.8 Å². The van der Waals surface area contributed by atoms with Gasteiger partial charge in [0.25, 0.3) is 0 Å². The summed E-state index contributed by atoms with van der Waals surface area (Å²) in [5.41, 5.74) is 5.98. The Labute approximate surface area is 146 Å². The average molecular weight is 321 g/mol. The molecule has 0 radical (unpaired) electrons. The van der Waals surface area contributed by atoms with Gasteiger partial charge >= 0.3 is 0 Å². The average Bonchev–Trinajstić information content (AvgIpc) is 3.11. The molecule has 0 unspecified atom stereocenters. The van der Waals surface area contributed by atoms with Crippen LogP contribution in [0.25, 0.3) is 28.9 Å². The van der Waals surface area contributed by atoms with Crippen LogP contribution in [0, 0.1) is 11.3 Å². The summed E-state index contributed by atoms with van der Waals surface area (Å²) < 4.78 is 2.10. The molecule has 118 valence electrons. The topological polar surface area (TPSA) is 41.6 Å². The fourth-order valence-electron chi connectivity index (χ4n) is 2.85. The number of hydrogen-bond donors (Lipinski definition) is 0. The van der Waals surface area contributed by atoms with Gasteiger partial charge in [0.1, 0.15) is 6.33 Å². The van der Waals surface area contributed by atoms with Gasteiger partial charge in [0.15, 0.2) is 0 Å². The lowest BCUT2D eigenvalue weighted by molar-refractivity contribution is 1.09. The second-order valence-corrected chi connectivity index (χ2v) is 5.73. The number of fused-ring (bicyclic) bond motifs is 1. The van der Waals surface area contributed by atoms with Gasteiger partial charge in [-0.3, -0.25) is 4.57 Å². The van der Waals surface area contributed by atoms with Crippen molar-refractivity contribution in [3.8, 4) is 11.8 Å². The first-order valence-electron chi connectivity index (χ1n) is 8.05. The minimum atomic E-state index is 0.669. The summed E-state index contributed by atoms with van der Waals surface area (Å²) in [5, 5.41) is 8.89. The van der Waals surface area contributed by atoms with Gasteiger partial charge in [0.05, 0.1) is 28.4 Å². The number of nitriles is 1. The van der Waals surface area contributed by atoms with Crippen LogP contribution in [0.1, 0.15) is 16.7 Å². The summed E-state index contributed by atoms with van der Waals surface area (Å²) in [7, 11) is 0. The van der Waals surface area contributed by atoms with Crippen LogP contribution in [0.15, 0.2) is 79.1 Å². The molecule has 1 heterocycles. The first kappa shape index (κ1) is 14.9. The van der Waals surface area contributed by atoms with Crippen LogP contribution in [0.5, 0.6) is 0 Å². The zero-order valence-electron chi connectivity index (χ0n) is 13.5. The number of para-hydroxylation sites is 3. The summed E-state index contributed by atoms with van der Waals surface area (Å²) in [4.78, 5) is 4.48. The van der Waals surface area contributed by atoms with Gasteiger partial charge in [-0.05, 0) is 41.5 Å². The molecule has 0 aliphatic heterocycles. The van der Waals surface area contributed by atoms with E-state index >= 15 is 0 Å². The molecule has 3 nitrogen and oxygen atoms in total. The highest BCUT2D eigenvalue weighted by Gasteiger charge is 2.06. The summed E-state index contributed by atoms with van der Waals surface area (Å²) in [6.07, 6.45) is 6.00. The summed E-state index contributed by atoms with van der Waals surface area (Å²) in [6, 6.07) is 26.0. The molecule has 4 aromatic rings. The molecule has 0 saturated heterocycles. The second-order valence-electron chi connectivity index (χ2n) is 5.73. The molecule has 0 atom stereocenters. The quantitative estimate of drug-likeness (QED) is 0.494. The van der Waals surface area contributed by atoms with E-state index in [1.165, 1.54) is 0 Å². The lowest BCUT2D eigenvalue weighted by Crippen LogP contribution is -1.94. The first-order valence-corrected chi connectivity index (χ1v) is 8.05. The van der Waals surface area contributed by atoms with Crippen LogP contribution in [0.3, 0.4) is 0 Å². The van der Waals surface area contributed by atoms with E-state index in [1.807, 2.05) is 60.9 Å². The Kier molecular flexibility index (Phi) is 3.86. The predicted molar refractivity (Wildman–Crippen MR) is 101 cm³/mol. The Morgan fingerprint density at radius 3 is 2.44 bits per heavy atom. The van der Waals surface area contributed by atoms with Gasteiger partial charge in [0, 0.05) is 0 Å². The first-order chi connectivity index (χ1) is 12.3. The van der Waals surface area contributed by atoms with Crippen LogP contribution in [0.4, 0.5) is 0 Å². The van der Waals surface area contributed by atoms with Gasteiger partial charge in [-0.2, -0.15) is 5.26 Å². The molecule has 0 spiro atoms. The summed E-state index contributed by atoms with van der Waals surface area (Å²) in [5.74, 6) is 0. The lowest BCUT2D eigenvalue weighted by atomic mass is 10.1. The molecule has 0 amide bonds. The molecule has 0 N–H and O–H groups in total. The van der Waals surface area contributed by atoms with Crippen LogP contribution < -0.4 is 0 Å². The molecule has 0 saturated carbocycles. The largest absolute Gasteiger partial charge is 0.298 e. The summed E-state index contributed by atoms with van der Waals surface area (Å²) in [6.45, 7) is 0. The van der Waals surface area contributed by atoms with Crippen LogP contribution >= 0.6 is 0 Å². The Hall–Kier alpha value is -3.64. The normalized spacial score (nSPS) is 11.0. The van der Waals surface area contributed by atoms with Gasteiger partial charge in [0.2, 0.25) is 0 Å². The summed E-state index contributed by atoms with van der Waals surface area (Å²) >= 11 is 0. The molecular formula is C22H15N3. The van der Waals surface area contributed by atoms with E-state index in [1.54, 1.807) is 0 Å². The van der Waals surface area contributed by atoms with Crippen molar-refractivity contribution in [3.05, 3.63) is 95.8 Å². The Bertz CT molecular complexity index is 1100. The zero-order chi connectivity index (χ0) is 17.1. The number of hydrogen-bond acceptors (Lipinski definition) is 2. The van der Waals surface area contributed by atoms with E-state index in [9.17, 15) is 0 Å². The maximum absolute atomic E-state index is 8.89. The van der Waals surface area contributed by atoms with E-state index in [4.69, 9.17) is 5.26 Å². The third-order valence-corrected chi connectivity index (χ3v) is 4.14. The zero-order valence-corrected chi connectivity index (χ0v) is 13.5. The van der Waals surface area contributed by atoms with E-state index in [0.29, 0.717) is 5.56 Å². The van der Waals surface area contributed by atoms with E-state index in [2.05, 4.69) is 46.0 Å². The smallest absolute Gasteiger partial charge is 0.100 e. The van der Waals surface area contributed by atoms with Gasteiger partial charge < -0.3 is 0 Å². The number of benzene rings is 3. The van der Waals surface area contributed by atoms with Gasteiger partial charge in [-0.1, -0.05) is 54.6 Å². The standard InChI is InChI=1S/C22H15N3/c23-15-18-11-9-17(10-12-18)13-14-19-5-1-3-7-21(19)25-16-24-20-6-2-4-8-22(20)25/h1-14,16H. The van der Waals surface area contributed by atoms with Crippen molar-refractivity contribution in [3.63, 3.8) is 0 Å². The molecule has 3 heteroatoms. The van der Waals surface area contributed by atoms with Crippen molar-refractivity contribution in [1.82, 2.24) is 9.55 Å².